The number of nitrogens with one attached hydrogen (secondary N) is 1. The summed E-state index contributed by atoms with van der Waals surface area (Å²) in [5, 5.41) is 11.7. The number of hydrogen-bond donors (Lipinski definition) is 1. The summed E-state index contributed by atoms with van der Waals surface area (Å²) >= 11 is 3.82. The molecule has 3 nitrogen and oxygen atoms in total. The van der Waals surface area contributed by atoms with Crippen LogP contribution in [0.3, 0.4) is 0 Å². The van der Waals surface area contributed by atoms with Crippen molar-refractivity contribution in [1.29, 1.82) is 0 Å². The van der Waals surface area contributed by atoms with E-state index in [0.29, 0.717) is 0 Å². The van der Waals surface area contributed by atoms with E-state index in [2.05, 4.69) is 62.4 Å². The van der Waals surface area contributed by atoms with Gasteiger partial charge in [0.05, 0.1) is 0 Å². The van der Waals surface area contributed by atoms with Crippen LogP contribution in [-0.2, 0) is 6.54 Å². The molecule has 0 saturated heterocycles. The van der Waals surface area contributed by atoms with Crippen molar-refractivity contribution in [3.63, 3.8) is 0 Å². The fourth-order valence-electron chi connectivity index (χ4n) is 1.07. The molecule has 0 aliphatic carbocycles. The van der Waals surface area contributed by atoms with E-state index in [0.717, 1.165) is 11.7 Å². The summed E-state index contributed by atoms with van der Waals surface area (Å²) in [5.74, 6) is 0. The van der Waals surface area contributed by atoms with Gasteiger partial charge in [0.15, 0.2) is 0 Å². The Morgan fingerprint density at radius 1 is 1.43 bits per heavy atom. The van der Waals surface area contributed by atoms with Crippen LogP contribution in [0.15, 0.2) is 29.8 Å². The van der Waals surface area contributed by atoms with Gasteiger partial charge < -0.3 is 5.32 Å². The Kier molecular flexibility index (Phi) is 3.30. The summed E-state index contributed by atoms with van der Waals surface area (Å²) in [6.07, 6.45) is 0. The third kappa shape index (κ3) is 2.65. The second-order valence-electron chi connectivity index (χ2n) is 2.73. The largest absolute Gasteiger partial charge is 0.356 e. The van der Waals surface area contributed by atoms with Gasteiger partial charge in [-0.3, -0.25) is 0 Å². The van der Waals surface area contributed by atoms with Gasteiger partial charge in [-0.2, -0.15) is 0 Å². The molecule has 0 fully saturated rings. The third-order valence-corrected chi connectivity index (χ3v) is 3.01. The zero-order chi connectivity index (χ0) is 9.80. The van der Waals surface area contributed by atoms with Gasteiger partial charge in [0.25, 0.3) is 0 Å². The molecule has 14 heavy (non-hydrogen) atoms. The van der Waals surface area contributed by atoms with Crippen molar-refractivity contribution < 1.29 is 0 Å². The summed E-state index contributed by atoms with van der Waals surface area (Å²) in [6.45, 7) is 0.798. The highest BCUT2D eigenvalue weighted by Crippen LogP contribution is 2.12. The van der Waals surface area contributed by atoms with Crippen molar-refractivity contribution in [2.24, 2.45) is 0 Å². The standard InChI is InChI=1S/C9H8IN3S/c10-8-3-1-2-7(4-8)5-11-9-13-12-6-14-9/h1-4,6H,5H2,(H,11,13). The number of aromatic nitrogens is 2. The average Bonchev–Trinajstić information content (AvgIpc) is 2.67. The molecule has 0 aliphatic rings. The van der Waals surface area contributed by atoms with Gasteiger partial charge in [0.1, 0.15) is 5.51 Å². The molecule has 0 radical (unpaired) electrons. The molecular weight excluding hydrogens is 309 g/mol. The lowest BCUT2D eigenvalue weighted by Crippen LogP contribution is -1.98. The lowest BCUT2D eigenvalue weighted by Gasteiger charge is -2.02. The highest BCUT2D eigenvalue weighted by Gasteiger charge is 1.96. The zero-order valence-corrected chi connectivity index (χ0v) is 10.2. The van der Waals surface area contributed by atoms with Crippen LogP contribution in [-0.4, -0.2) is 10.2 Å². The van der Waals surface area contributed by atoms with Crippen molar-refractivity contribution in [3.05, 3.63) is 38.9 Å². The number of hydrogen-bond acceptors (Lipinski definition) is 4. The minimum atomic E-state index is 0.798. The monoisotopic (exact) mass is 317 g/mol. The van der Waals surface area contributed by atoms with Gasteiger partial charge in [0.2, 0.25) is 5.13 Å². The lowest BCUT2D eigenvalue weighted by molar-refractivity contribution is 1.05. The minimum Gasteiger partial charge on any atom is -0.356 e. The number of benzene rings is 1. The van der Waals surface area contributed by atoms with Gasteiger partial charge in [-0.25, -0.2) is 0 Å². The van der Waals surface area contributed by atoms with Gasteiger partial charge in [-0.1, -0.05) is 23.5 Å². The maximum absolute atomic E-state index is 3.91. The topological polar surface area (TPSA) is 37.8 Å². The van der Waals surface area contributed by atoms with Crippen LogP contribution >= 0.6 is 33.9 Å². The van der Waals surface area contributed by atoms with Crippen LogP contribution in [0.5, 0.6) is 0 Å². The van der Waals surface area contributed by atoms with E-state index in [1.165, 1.54) is 20.5 Å². The molecule has 0 spiro atoms. The summed E-state index contributed by atoms with van der Waals surface area (Å²) < 4.78 is 1.25. The fraction of sp³-hybridized carbons (Fsp3) is 0.111. The molecule has 1 aromatic heterocycles. The Balaban J connectivity index is 1.98. The summed E-state index contributed by atoms with van der Waals surface area (Å²) in [4.78, 5) is 0. The summed E-state index contributed by atoms with van der Waals surface area (Å²) in [7, 11) is 0. The Labute approximate surface area is 99.7 Å². The maximum atomic E-state index is 3.91. The van der Waals surface area contributed by atoms with E-state index in [1.807, 2.05) is 0 Å². The molecule has 5 heteroatoms. The van der Waals surface area contributed by atoms with E-state index in [-0.39, 0.29) is 0 Å². The quantitative estimate of drug-likeness (QED) is 0.885. The highest BCUT2D eigenvalue weighted by atomic mass is 127. The fourth-order valence-corrected chi connectivity index (χ4v) is 2.13. The van der Waals surface area contributed by atoms with E-state index in [9.17, 15) is 0 Å². The molecule has 1 N–H and O–H groups in total. The van der Waals surface area contributed by atoms with E-state index >= 15 is 0 Å². The Morgan fingerprint density at radius 2 is 2.36 bits per heavy atom. The number of halogens is 1. The second-order valence-corrected chi connectivity index (χ2v) is 4.81. The molecule has 0 atom stereocenters. The molecular formula is C9H8IN3S. The predicted octanol–water partition coefficient (Wildman–Crippen LogP) is 2.75. The van der Waals surface area contributed by atoms with Gasteiger partial charge in [-0.05, 0) is 40.3 Å². The van der Waals surface area contributed by atoms with Crippen LogP contribution in [0.4, 0.5) is 5.13 Å². The molecule has 2 aromatic rings. The van der Waals surface area contributed by atoms with Crippen molar-refractivity contribution in [1.82, 2.24) is 10.2 Å². The van der Waals surface area contributed by atoms with Gasteiger partial charge in [0, 0.05) is 10.1 Å². The zero-order valence-electron chi connectivity index (χ0n) is 7.27. The maximum Gasteiger partial charge on any atom is 0.205 e. The smallest absolute Gasteiger partial charge is 0.205 e. The molecule has 2 rings (SSSR count). The number of anilines is 1. The lowest BCUT2D eigenvalue weighted by atomic mass is 10.2. The van der Waals surface area contributed by atoms with Gasteiger partial charge in [-0.15, -0.1) is 10.2 Å². The van der Waals surface area contributed by atoms with Crippen LogP contribution in [0.2, 0.25) is 0 Å². The SMILES string of the molecule is Ic1cccc(CNc2nncs2)c1. The molecule has 1 heterocycles. The molecule has 0 aliphatic heterocycles. The van der Waals surface area contributed by atoms with E-state index in [4.69, 9.17) is 0 Å². The Morgan fingerprint density at radius 3 is 3.07 bits per heavy atom. The third-order valence-electron chi connectivity index (χ3n) is 1.69. The van der Waals surface area contributed by atoms with Crippen LogP contribution in [0.1, 0.15) is 5.56 Å². The van der Waals surface area contributed by atoms with Crippen molar-refractivity contribution in [3.8, 4) is 0 Å². The van der Waals surface area contributed by atoms with Crippen LogP contribution in [0, 0.1) is 3.57 Å². The van der Waals surface area contributed by atoms with E-state index < -0.39 is 0 Å². The summed E-state index contributed by atoms with van der Waals surface area (Å²) in [6, 6.07) is 8.37. The molecule has 0 bridgehead atoms. The normalized spacial score (nSPS) is 10.1. The van der Waals surface area contributed by atoms with Crippen LogP contribution in [0.25, 0.3) is 0 Å². The first-order valence-corrected chi connectivity index (χ1v) is 6.05. The van der Waals surface area contributed by atoms with Gasteiger partial charge >= 0.3 is 0 Å². The Bertz CT molecular complexity index is 402. The minimum absolute atomic E-state index is 0.798. The van der Waals surface area contributed by atoms with Crippen LogP contribution < -0.4 is 5.32 Å². The number of nitrogens with zero attached hydrogens (tertiary/aromatic N) is 2. The predicted molar refractivity (Wildman–Crippen MR) is 66.4 cm³/mol. The summed E-state index contributed by atoms with van der Waals surface area (Å²) in [5.41, 5.74) is 2.98. The second kappa shape index (κ2) is 4.70. The molecule has 72 valence electrons. The first kappa shape index (κ1) is 9.85. The van der Waals surface area contributed by atoms with Crippen molar-refractivity contribution in [2.75, 3.05) is 5.32 Å². The van der Waals surface area contributed by atoms with E-state index in [1.54, 1.807) is 5.51 Å². The molecule has 0 unspecified atom stereocenters. The highest BCUT2D eigenvalue weighted by molar-refractivity contribution is 14.1. The van der Waals surface area contributed by atoms with Crippen molar-refractivity contribution in [2.45, 2.75) is 6.54 Å². The first-order valence-electron chi connectivity index (χ1n) is 4.09. The molecule has 0 amide bonds. The number of rotatable bonds is 3. The first-order chi connectivity index (χ1) is 6.84. The molecule has 0 saturated carbocycles. The van der Waals surface area contributed by atoms with Crippen molar-refractivity contribution >= 4 is 39.1 Å². The Hall–Kier alpha value is -0.690. The molecule has 1 aromatic carbocycles. The average molecular weight is 317 g/mol.